The number of nitrogens with one attached hydrogen (secondary N) is 2. The van der Waals surface area contributed by atoms with E-state index >= 15 is 0 Å². The zero-order valence-corrected chi connectivity index (χ0v) is 14.6. The van der Waals surface area contributed by atoms with Crippen molar-refractivity contribution in [3.63, 3.8) is 0 Å². The molecular formula is C19H18N4O4. The second kappa shape index (κ2) is 6.01. The van der Waals surface area contributed by atoms with E-state index in [1.165, 1.54) is 0 Å². The van der Waals surface area contributed by atoms with Gasteiger partial charge in [-0.2, -0.15) is 0 Å². The average molecular weight is 366 g/mol. The van der Waals surface area contributed by atoms with Crippen LogP contribution in [0.1, 0.15) is 21.5 Å². The molecule has 0 saturated carbocycles. The highest BCUT2D eigenvalue weighted by atomic mass is 16.5. The number of imide groups is 1. The zero-order valence-electron chi connectivity index (χ0n) is 14.6. The van der Waals surface area contributed by atoms with Gasteiger partial charge in [-0.15, -0.1) is 0 Å². The van der Waals surface area contributed by atoms with Gasteiger partial charge in [0, 0.05) is 17.8 Å². The van der Waals surface area contributed by atoms with Gasteiger partial charge in [0.1, 0.15) is 5.75 Å². The average Bonchev–Trinajstić information content (AvgIpc) is 3.11. The first-order chi connectivity index (χ1) is 12.9. The number of ether oxygens (including phenoxy) is 1. The van der Waals surface area contributed by atoms with E-state index in [2.05, 4.69) is 10.6 Å². The predicted octanol–water partition coefficient (Wildman–Crippen LogP) is 0.968. The molecule has 4 rings (SSSR count). The summed E-state index contributed by atoms with van der Waals surface area (Å²) < 4.78 is 5.21. The van der Waals surface area contributed by atoms with Crippen LogP contribution in [0.15, 0.2) is 42.5 Å². The molecule has 8 nitrogen and oxygen atoms in total. The number of carbonyl (C=O) groups is 3. The van der Waals surface area contributed by atoms with Crippen molar-refractivity contribution in [1.82, 2.24) is 15.5 Å². The Morgan fingerprint density at radius 3 is 2.52 bits per heavy atom. The topological polar surface area (TPSA) is 114 Å². The maximum atomic E-state index is 12.8. The van der Waals surface area contributed by atoms with E-state index in [4.69, 9.17) is 10.5 Å². The van der Waals surface area contributed by atoms with Crippen LogP contribution in [-0.4, -0.2) is 36.4 Å². The molecule has 1 unspecified atom stereocenters. The Balaban J connectivity index is 1.69. The Kier molecular flexibility index (Phi) is 3.76. The van der Waals surface area contributed by atoms with Crippen LogP contribution in [0.3, 0.4) is 0 Å². The number of amides is 4. The van der Waals surface area contributed by atoms with Crippen LogP contribution < -0.4 is 21.1 Å². The van der Waals surface area contributed by atoms with Crippen LogP contribution in [-0.2, 0) is 16.9 Å². The minimum absolute atomic E-state index is 0.00429. The fourth-order valence-corrected chi connectivity index (χ4v) is 3.56. The number of nitrogen functional groups attached to an aromatic ring is 1. The minimum Gasteiger partial charge on any atom is -0.497 e. The second-order valence-electron chi connectivity index (χ2n) is 6.62. The molecule has 4 amide bonds. The van der Waals surface area contributed by atoms with Gasteiger partial charge in [-0.3, -0.25) is 14.9 Å². The third-order valence-electron chi connectivity index (χ3n) is 4.96. The third-order valence-corrected chi connectivity index (χ3v) is 4.96. The highest BCUT2D eigenvalue weighted by molar-refractivity contribution is 6.08. The lowest BCUT2D eigenvalue weighted by Gasteiger charge is -2.31. The van der Waals surface area contributed by atoms with Crippen molar-refractivity contribution in [3.8, 4) is 5.75 Å². The van der Waals surface area contributed by atoms with Gasteiger partial charge in [-0.25, -0.2) is 4.79 Å². The van der Waals surface area contributed by atoms with Crippen molar-refractivity contribution in [3.05, 3.63) is 59.2 Å². The molecular weight excluding hydrogens is 348 g/mol. The summed E-state index contributed by atoms with van der Waals surface area (Å²) in [7, 11) is 1.56. The van der Waals surface area contributed by atoms with Crippen molar-refractivity contribution in [2.24, 2.45) is 0 Å². The Hall–Kier alpha value is -3.55. The van der Waals surface area contributed by atoms with Gasteiger partial charge in [-0.05, 0) is 41.5 Å². The number of nitrogens with zero attached hydrogens (tertiary/aromatic N) is 1. The molecule has 27 heavy (non-hydrogen) atoms. The summed E-state index contributed by atoms with van der Waals surface area (Å²) >= 11 is 0. The Morgan fingerprint density at radius 2 is 1.89 bits per heavy atom. The van der Waals surface area contributed by atoms with Crippen LogP contribution in [0.4, 0.5) is 10.5 Å². The summed E-state index contributed by atoms with van der Waals surface area (Å²) in [4.78, 5) is 38.9. The molecule has 2 heterocycles. The molecule has 1 fully saturated rings. The molecule has 138 valence electrons. The summed E-state index contributed by atoms with van der Waals surface area (Å²) in [5.41, 5.74) is 6.84. The second-order valence-corrected chi connectivity index (χ2v) is 6.62. The highest BCUT2D eigenvalue weighted by Gasteiger charge is 2.50. The number of hydrogen-bond acceptors (Lipinski definition) is 5. The van der Waals surface area contributed by atoms with Crippen LogP contribution >= 0.6 is 0 Å². The maximum absolute atomic E-state index is 12.8. The molecule has 2 aromatic rings. The normalized spacial score (nSPS) is 21.1. The van der Waals surface area contributed by atoms with Crippen LogP contribution in [0.25, 0.3) is 0 Å². The molecule has 8 heteroatoms. The number of hydrogen-bond donors (Lipinski definition) is 3. The molecule has 0 aliphatic carbocycles. The summed E-state index contributed by atoms with van der Waals surface area (Å²) in [6.07, 6.45) is 0. The fourth-order valence-electron chi connectivity index (χ4n) is 3.56. The monoisotopic (exact) mass is 366 g/mol. The minimum atomic E-state index is -1.37. The van der Waals surface area contributed by atoms with E-state index in [0.29, 0.717) is 29.1 Å². The van der Waals surface area contributed by atoms with E-state index in [9.17, 15) is 14.4 Å². The quantitative estimate of drug-likeness (QED) is 0.551. The number of methoxy groups -OCH3 is 1. The highest BCUT2D eigenvalue weighted by Crippen LogP contribution is 2.32. The van der Waals surface area contributed by atoms with E-state index in [-0.39, 0.29) is 12.5 Å². The Morgan fingerprint density at radius 1 is 1.15 bits per heavy atom. The first-order valence-electron chi connectivity index (χ1n) is 8.39. The summed E-state index contributed by atoms with van der Waals surface area (Å²) in [5, 5.41) is 4.96. The molecule has 0 aromatic heterocycles. The molecule has 2 aliphatic rings. The van der Waals surface area contributed by atoms with Gasteiger partial charge in [0.25, 0.3) is 11.8 Å². The van der Waals surface area contributed by atoms with Gasteiger partial charge < -0.3 is 20.7 Å². The fraction of sp³-hybridized carbons (Fsp3) is 0.211. The number of nitrogens with two attached hydrogens (primary N) is 1. The molecule has 0 radical (unpaired) electrons. The van der Waals surface area contributed by atoms with Crippen LogP contribution in [0, 0.1) is 0 Å². The molecule has 4 N–H and O–H groups in total. The summed E-state index contributed by atoms with van der Waals surface area (Å²) in [5.74, 6) is -0.0430. The first kappa shape index (κ1) is 16.9. The van der Waals surface area contributed by atoms with E-state index < -0.39 is 17.5 Å². The van der Waals surface area contributed by atoms with Gasteiger partial charge in [0.15, 0.2) is 5.54 Å². The number of anilines is 1. The molecule has 1 saturated heterocycles. The molecule has 2 aliphatic heterocycles. The van der Waals surface area contributed by atoms with Gasteiger partial charge in [0.2, 0.25) is 0 Å². The Labute approximate surface area is 155 Å². The summed E-state index contributed by atoms with van der Waals surface area (Å²) in [6, 6.07) is 11.3. The van der Waals surface area contributed by atoms with Crippen molar-refractivity contribution in [1.29, 1.82) is 0 Å². The molecule has 2 aromatic carbocycles. The van der Waals surface area contributed by atoms with E-state index in [1.807, 2.05) is 0 Å². The maximum Gasteiger partial charge on any atom is 0.322 e. The lowest BCUT2D eigenvalue weighted by atomic mass is 9.89. The van der Waals surface area contributed by atoms with Crippen LogP contribution in [0.5, 0.6) is 5.75 Å². The largest absolute Gasteiger partial charge is 0.497 e. The van der Waals surface area contributed by atoms with Gasteiger partial charge in [-0.1, -0.05) is 12.1 Å². The number of fused-ring (bicyclic) bond motifs is 1. The lowest BCUT2D eigenvalue weighted by molar-refractivity contribution is -0.124. The van der Waals surface area contributed by atoms with E-state index in [0.717, 1.165) is 5.56 Å². The lowest BCUT2D eigenvalue weighted by Crippen LogP contribution is -2.52. The van der Waals surface area contributed by atoms with Crippen LogP contribution in [0.2, 0.25) is 0 Å². The number of urea groups is 1. The molecule has 0 spiro atoms. The smallest absolute Gasteiger partial charge is 0.322 e. The molecule has 0 bridgehead atoms. The SMILES string of the molecule is COc1ccc2c(c1)CN(CC1(c3ccc(N)cc3)NC(=O)NC1=O)C2=O. The number of benzene rings is 2. The number of rotatable bonds is 4. The molecule has 1 atom stereocenters. The van der Waals surface area contributed by atoms with Crippen molar-refractivity contribution in [2.75, 3.05) is 19.4 Å². The van der Waals surface area contributed by atoms with Crippen molar-refractivity contribution < 1.29 is 19.1 Å². The zero-order chi connectivity index (χ0) is 19.2. The van der Waals surface area contributed by atoms with Gasteiger partial charge >= 0.3 is 6.03 Å². The standard InChI is InChI=1S/C19H18N4O4/c1-27-14-6-7-15-11(8-14)9-23(16(15)24)10-19(17(25)21-18(26)22-19)12-2-4-13(20)5-3-12/h2-8H,9-10,20H2,1H3,(H2,21,22,25,26). The van der Waals surface area contributed by atoms with Crippen molar-refractivity contribution in [2.45, 2.75) is 12.1 Å². The number of carbonyl (C=O) groups excluding carboxylic acids is 3. The van der Waals surface area contributed by atoms with Crippen molar-refractivity contribution >= 4 is 23.5 Å². The predicted molar refractivity (Wildman–Crippen MR) is 96.9 cm³/mol. The van der Waals surface area contributed by atoms with E-state index in [1.54, 1.807) is 54.5 Å². The summed E-state index contributed by atoms with van der Waals surface area (Å²) in [6.45, 7) is 0.329. The van der Waals surface area contributed by atoms with Gasteiger partial charge in [0.05, 0.1) is 13.7 Å². The Bertz CT molecular complexity index is 957. The first-order valence-corrected chi connectivity index (χ1v) is 8.39. The third kappa shape index (κ3) is 2.66.